The third kappa shape index (κ3) is 3.43. The topological polar surface area (TPSA) is 47.9 Å². The van der Waals surface area contributed by atoms with E-state index < -0.39 is 11.4 Å². The molecule has 2 aromatic rings. The van der Waals surface area contributed by atoms with E-state index in [9.17, 15) is 9.50 Å². The van der Waals surface area contributed by atoms with Crippen LogP contribution in [0, 0.1) is 5.82 Å². The van der Waals surface area contributed by atoms with Crippen molar-refractivity contribution in [1.82, 2.24) is 0 Å². The number of rotatable bonds is 6. The van der Waals surface area contributed by atoms with Gasteiger partial charge in [-0.1, -0.05) is 18.2 Å². The van der Waals surface area contributed by atoms with Gasteiger partial charge in [0.2, 0.25) is 5.79 Å². The maximum absolute atomic E-state index is 14.5. The van der Waals surface area contributed by atoms with Gasteiger partial charge < -0.3 is 19.3 Å². The van der Waals surface area contributed by atoms with Crippen LogP contribution < -0.4 is 4.74 Å². The molecule has 28 heavy (non-hydrogen) atoms. The summed E-state index contributed by atoms with van der Waals surface area (Å²) < 4.78 is 32.3. The fraction of sp³-hybridized carbons (Fsp3) is 0.455. The van der Waals surface area contributed by atoms with E-state index >= 15 is 0 Å². The first-order valence-corrected chi connectivity index (χ1v) is 10.2. The number of aliphatic hydroxyl groups excluding tert-OH is 1. The maximum Gasteiger partial charge on any atom is 0.207 e. The predicted octanol–water partition coefficient (Wildman–Crippen LogP) is 3.84. The molecule has 150 valence electrons. The molecule has 2 aliphatic heterocycles. The highest BCUT2D eigenvalue weighted by Crippen LogP contribution is 2.51. The molecule has 2 bridgehead atoms. The third-order valence-electron chi connectivity index (χ3n) is 5.60. The van der Waals surface area contributed by atoms with Crippen molar-refractivity contribution in [2.75, 3.05) is 19.8 Å². The van der Waals surface area contributed by atoms with Crippen LogP contribution in [0.25, 0.3) is 0 Å². The summed E-state index contributed by atoms with van der Waals surface area (Å²) in [4.78, 5) is 0. The first-order chi connectivity index (χ1) is 13.5. The minimum Gasteiger partial charge on any atom is -0.494 e. The van der Waals surface area contributed by atoms with Gasteiger partial charge in [0.1, 0.15) is 17.2 Å². The Morgan fingerprint density at radius 1 is 1.25 bits per heavy atom. The molecular weight excluding hydrogens is 379 g/mol. The molecule has 0 spiro atoms. The molecule has 0 radical (unpaired) electrons. The van der Waals surface area contributed by atoms with Crippen LogP contribution in [0.3, 0.4) is 0 Å². The van der Waals surface area contributed by atoms with E-state index in [0.717, 1.165) is 23.3 Å². The van der Waals surface area contributed by atoms with Gasteiger partial charge in [-0.05, 0) is 55.2 Å². The van der Waals surface area contributed by atoms with E-state index in [0.29, 0.717) is 31.6 Å². The molecule has 4 rings (SSSR count). The Morgan fingerprint density at radius 3 is 2.75 bits per heavy atom. The van der Waals surface area contributed by atoms with Crippen molar-refractivity contribution >= 4 is 12.6 Å². The van der Waals surface area contributed by atoms with Crippen molar-refractivity contribution in [2.45, 2.75) is 42.8 Å². The Bertz CT molecular complexity index is 843. The van der Waals surface area contributed by atoms with Crippen LogP contribution >= 0.6 is 12.6 Å². The van der Waals surface area contributed by atoms with Gasteiger partial charge >= 0.3 is 0 Å². The van der Waals surface area contributed by atoms with Crippen LogP contribution in [-0.2, 0) is 21.7 Å². The van der Waals surface area contributed by atoms with Crippen LogP contribution in [-0.4, -0.2) is 35.8 Å². The highest BCUT2D eigenvalue weighted by atomic mass is 32.1. The minimum atomic E-state index is -1.05. The highest BCUT2D eigenvalue weighted by Gasteiger charge is 2.58. The van der Waals surface area contributed by atoms with E-state index in [4.69, 9.17) is 14.2 Å². The fourth-order valence-corrected chi connectivity index (χ4v) is 4.41. The molecular formula is C22H25FO4S. The highest BCUT2D eigenvalue weighted by molar-refractivity contribution is 7.81. The second kappa shape index (κ2) is 7.67. The minimum absolute atomic E-state index is 0.102. The number of hydrogen-bond acceptors (Lipinski definition) is 5. The number of halogens is 1. The van der Waals surface area contributed by atoms with E-state index in [1.165, 1.54) is 6.07 Å². The van der Waals surface area contributed by atoms with Gasteiger partial charge in [-0.3, -0.25) is 0 Å². The monoisotopic (exact) mass is 404 g/mol. The Kier molecular flexibility index (Phi) is 5.40. The number of ether oxygens (including phenoxy) is 3. The van der Waals surface area contributed by atoms with Crippen molar-refractivity contribution in [2.24, 2.45) is 0 Å². The number of benzene rings is 2. The standard InChI is InChI=1S/C22H25FO4S/c1-2-25-18-6-3-15(4-7-18)11-16-12-17(5-8-19(16)23)22-20(28)9-10-21(13-24,27-22)14-26-22/h3-8,12,20,24,28H,2,9-11,13-14H2,1H3/t20-,21+,22+/m1/s1. The summed E-state index contributed by atoms with van der Waals surface area (Å²) in [6, 6.07) is 12.6. The van der Waals surface area contributed by atoms with Crippen LogP contribution in [0.5, 0.6) is 5.75 Å². The van der Waals surface area contributed by atoms with Gasteiger partial charge in [0.15, 0.2) is 0 Å². The Morgan fingerprint density at radius 2 is 2.04 bits per heavy atom. The van der Waals surface area contributed by atoms with E-state index in [1.807, 2.05) is 31.2 Å². The second-order valence-electron chi connectivity index (χ2n) is 7.51. The van der Waals surface area contributed by atoms with Crippen molar-refractivity contribution in [3.05, 3.63) is 65.0 Å². The normalized spacial score (nSPS) is 29.1. The maximum atomic E-state index is 14.5. The van der Waals surface area contributed by atoms with Gasteiger partial charge in [-0.25, -0.2) is 4.39 Å². The summed E-state index contributed by atoms with van der Waals surface area (Å²) in [5.41, 5.74) is 1.60. The molecule has 2 aromatic carbocycles. The van der Waals surface area contributed by atoms with Crippen molar-refractivity contribution < 1.29 is 23.7 Å². The predicted molar refractivity (Wildman–Crippen MR) is 107 cm³/mol. The molecule has 4 nitrogen and oxygen atoms in total. The van der Waals surface area contributed by atoms with Crippen molar-refractivity contribution in [3.63, 3.8) is 0 Å². The summed E-state index contributed by atoms with van der Waals surface area (Å²) in [6.07, 6.45) is 1.90. The zero-order valence-corrected chi connectivity index (χ0v) is 16.8. The average Bonchev–Trinajstić information content (AvgIpc) is 3.05. The second-order valence-corrected chi connectivity index (χ2v) is 8.14. The smallest absolute Gasteiger partial charge is 0.207 e. The van der Waals surface area contributed by atoms with Crippen LogP contribution in [0.1, 0.15) is 36.5 Å². The summed E-state index contributed by atoms with van der Waals surface area (Å²) in [6.45, 7) is 2.76. The summed E-state index contributed by atoms with van der Waals surface area (Å²) in [5, 5.41) is 9.59. The first-order valence-electron chi connectivity index (χ1n) is 9.64. The molecule has 2 saturated heterocycles. The van der Waals surface area contributed by atoms with Crippen LogP contribution in [0.15, 0.2) is 42.5 Å². The largest absolute Gasteiger partial charge is 0.494 e. The zero-order chi connectivity index (χ0) is 19.8. The molecule has 0 saturated carbocycles. The Hall–Kier alpha value is -1.60. The molecule has 0 unspecified atom stereocenters. The number of fused-ring (bicyclic) bond motifs is 2. The molecule has 1 N–H and O–H groups in total. The van der Waals surface area contributed by atoms with Gasteiger partial charge in [0, 0.05) is 12.0 Å². The lowest BCUT2D eigenvalue weighted by Gasteiger charge is -2.41. The van der Waals surface area contributed by atoms with Gasteiger partial charge in [-0.15, -0.1) is 0 Å². The molecule has 2 heterocycles. The number of thiol groups is 1. The van der Waals surface area contributed by atoms with E-state index in [-0.39, 0.29) is 17.7 Å². The van der Waals surface area contributed by atoms with Crippen LogP contribution in [0.4, 0.5) is 4.39 Å². The van der Waals surface area contributed by atoms with Crippen molar-refractivity contribution in [3.8, 4) is 5.75 Å². The Labute approximate surface area is 170 Å². The summed E-state index contributed by atoms with van der Waals surface area (Å²) in [7, 11) is 0. The van der Waals surface area contributed by atoms with E-state index in [1.54, 1.807) is 12.1 Å². The van der Waals surface area contributed by atoms with Crippen LogP contribution in [0.2, 0.25) is 0 Å². The average molecular weight is 405 g/mol. The third-order valence-corrected chi connectivity index (χ3v) is 6.19. The zero-order valence-electron chi connectivity index (χ0n) is 15.9. The molecule has 2 aliphatic rings. The Balaban J connectivity index is 1.62. The molecule has 2 fully saturated rings. The molecule has 0 amide bonds. The number of hydrogen-bond donors (Lipinski definition) is 2. The van der Waals surface area contributed by atoms with E-state index in [2.05, 4.69) is 12.6 Å². The number of aliphatic hydroxyl groups is 1. The molecule has 3 atom stereocenters. The lowest BCUT2D eigenvalue weighted by Crippen LogP contribution is -2.48. The molecule has 0 aromatic heterocycles. The quantitative estimate of drug-likeness (QED) is 0.719. The fourth-order valence-electron chi connectivity index (χ4n) is 4.01. The summed E-state index contributed by atoms with van der Waals surface area (Å²) in [5.74, 6) is -0.523. The van der Waals surface area contributed by atoms with Crippen molar-refractivity contribution in [1.29, 1.82) is 0 Å². The lowest BCUT2D eigenvalue weighted by atomic mass is 9.89. The molecule has 6 heteroatoms. The van der Waals surface area contributed by atoms with Gasteiger partial charge in [-0.2, -0.15) is 12.6 Å². The lowest BCUT2D eigenvalue weighted by molar-refractivity contribution is -0.222. The SMILES string of the molecule is CCOc1ccc(Cc2cc([C@@]34OC[C@@](CO)(CC[C@H]3S)O4)ccc2F)cc1. The molecule has 0 aliphatic carbocycles. The van der Waals surface area contributed by atoms with Gasteiger partial charge in [0.25, 0.3) is 0 Å². The summed E-state index contributed by atoms with van der Waals surface area (Å²) >= 11 is 4.69. The van der Waals surface area contributed by atoms with Gasteiger partial charge in [0.05, 0.1) is 25.1 Å². The first kappa shape index (κ1) is 19.7.